The highest BCUT2D eigenvalue weighted by molar-refractivity contribution is 5.95. The first-order valence-corrected chi connectivity index (χ1v) is 11.5. The number of carboxylic acid groups (broad SMARTS) is 1. The topological polar surface area (TPSA) is 232 Å². The highest BCUT2D eigenvalue weighted by Crippen LogP contribution is 2.19. The Morgan fingerprint density at radius 1 is 1.00 bits per heavy atom. The molecule has 1 fully saturated rings. The molecule has 0 unspecified atom stereocenters. The molecule has 0 saturated carbocycles. The number of aliphatic hydroxyl groups excluding tert-OH is 3. The summed E-state index contributed by atoms with van der Waals surface area (Å²) in [5, 5.41) is 44.8. The van der Waals surface area contributed by atoms with Gasteiger partial charge in [0.15, 0.2) is 6.04 Å². The predicted molar refractivity (Wildman–Crippen MR) is 121 cm³/mol. The van der Waals surface area contributed by atoms with Gasteiger partial charge < -0.3 is 47.0 Å². The largest absolute Gasteiger partial charge is 0.480 e. The van der Waals surface area contributed by atoms with Crippen molar-refractivity contribution in [1.29, 1.82) is 0 Å². The fourth-order valence-corrected chi connectivity index (χ4v) is 3.57. The lowest BCUT2D eigenvalue weighted by Crippen LogP contribution is -2.60. The number of nitrogens with one attached hydrogen (secondary N) is 3. The molecule has 1 aliphatic rings. The molecule has 35 heavy (non-hydrogen) atoms. The lowest BCUT2D eigenvalue weighted by molar-refractivity contribution is -0.147. The quantitative estimate of drug-likeness (QED) is 0.122. The molecule has 0 aromatic rings. The number of nitrogens with zero attached hydrogens (tertiary/aromatic N) is 1. The van der Waals surface area contributed by atoms with E-state index in [2.05, 4.69) is 16.0 Å². The first-order valence-electron chi connectivity index (χ1n) is 11.5. The summed E-state index contributed by atoms with van der Waals surface area (Å²) in [6.07, 6.45) is -0.157. The number of aliphatic carboxylic acids is 1. The van der Waals surface area contributed by atoms with Gasteiger partial charge in [-0.1, -0.05) is 20.3 Å². The van der Waals surface area contributed by atoms with Gasteiger partial charge >= 0.3 is 5.97 Å². The van der Waals surface area contributed by atoms with Gasteiger partial charge in [-0.2, -0.15) is 0 Å². The van der Waals surface area contributed by atoms with Gasteiger partial charge in [0.05, 0.1) is 25.4 Å². The van der Waals surface area contributed by atoms with Gasteiger partial charge in [-0.15, -0.1) is 0 Å². The standard InChI is InChI=1S/C21H37N5O9/c1-4-10(2)15(22)19(32)23-12(8-27)17(30)24-13(9-28)20(33)26-7-5-6-14(26)18(31)25-16(11(3)29)21(34)35/h10-16,27-29H,4-9,22H2,1-3H3,(H,23,32)(H,24,30)(H,25,31)(H,34,35)/t10-,11+,12-,13-,14-,15-,16-/m0/s1. The van der Waals surface area contributed by atoms with Crippen LogP contribution in [0.3, 0.4) is 0 Å². The first kappa shape index (κ1) is 30.2. The van der Waals surface area contributed by atoms with E-state index in [9.17, 15) is 39.3 Å². The molecule has 0 radical (unpaired) electrons. The molecule has 9 N–H and O–H groups in total. The van der Waals surface area contributed by atoms with Crippen molar-refractivity contribution < 1.29 is 44.4 Å². The molecular formula is C21H37N5O9. The molecule has 14 nitrogen and oxygen atoms in total. The van der Waals surface area contributed by atoms with E-state index in [1.807, 2.05) is 6.92 Å². The number of carbonyl (C=O) groups excluding carboxylic acids is 4. The highest BCUT2D eigenvalue weighted by atomic mass is 16.4. The Bertz CT molecular complexity index is 778. The molecule has 0 aromatic heterocycles. The second-order valence-electron chi connectivity index (χ2n) is 8.65. The lowest BCUT2D eigenvalue weighted by atomic mass is 9.99. The third-order valence-electron chi connectivity index (χ3n) is 6.06. The summed E-state index contributed by atoms with van der Waals surface area (Å²) in [6, 6.07) is -6.49. The van der Waals surface area contributed by atoms with Gasteiger partial charge in [0.1, 0.15) is 18.1 Å². The molecule has 0 bridgehead atoms. The van der Waals surface area contributed by atoms with Crippen molar-refractivity contribution in [3.8, 4) is 0 Å². The van der Waals surface area contributed by atoms with Crippen LogP contribution in [0.4, 0.5) is 0 Å². The molecule has 7 atom stereocenters. The molecule has 1 heterocycles. The van der Waals surface area contributed by atoms with Crippen molar-refractivity contribution in [2.45, 2.75) is 76.3 Å². The van der Waals surface area contributed by atoms with E-state index >= 15 is 0 Å². The molecule has 1 rings (SSSR count). The zero-order valence-corrected chi connectivity index (χ0v) is 20.1. The van der Waals surface area contributed by atoms with E-state index in [1.54, 1.807) is 6.92 Å². The van der Waals surface area contributed by atoms with Gasteiger partial charge in [-0.3, -0.25) is 19.2 Å². The molecule has 0 spiro atoms. The Balaban J connectivity index is 2.88. The number of likely N-dealkylation sites (tertiary alicyclic amines) is 1. The van der Waals surface area contributed by atoms with Crippen molar-refractivity contribution in [3.05, 3.63) is 0 Å². The predicted octanol–water partition coefficient (Wildman–Crippen LogP) is -3.74. The Morgan fingerprint density at radius 2 is 1.57 bits per heavy atom. The second-order valence-corrected chi connectivity index (χ2v) is 8.65. The van der Waals surface area contributed by atoms with Crippen molar-refractivity contribution >= 4 is 29.6 Å². The number of aliphatic hydroxyl groups is 3. The molecule has 1 saturated heterocycles. The zero-order valence-electron chi connectivity index (χ0n) is 20.1. The van der Waals surface area contributed by atoms with E-state index in [1.165, 1.54) is 6.92 Å². The molecule has 0 aromatic carbocycles. The number of hydrogen-bond donors (Lipinski definition) is 8. The van der Waals surface area contributed by atoms with E-state index in [0.717, 1.165) is 4.90 Å². The van der Waals surface area contributed by atoms with Crippen LogP contribution in [0.1, 0.15) is 40.0 Å². The summed E-state index contributed by atoms with van der Waals surface area (Å²) in [4.78, 5) is 62.8. The summed E-state index contributed by atoms with van der Waals surface area (Å²) in [5.41, 5.74) is 5.83. The fourth-order valence-electron chi connectivity index (χ4n) is 3.57. The molecule has 14 heteroatoms. The summed E-state index contributed by atoms with van der Waals surface area (Å²) >= 11 is 0. The second kappa shape index (κ2) is 13.9. The normalized spacial score (nSPS) is 20.7. The Labute approximate surface area is 203 Å². The fraction of sp³-hybridized carbons (Fsp3) is 0.762. The van der Waals surface area contributed by atoms with Crippen LogP contribution in [0.25, 0.3) is 0 Å². The third-order valence-corrected chi connectivity index (χ3v) is 6.06. The number of carboxylic acids is 1. The van der Waals surface area contributed by atoms with E-state index in [4.69, 9.17) is 10.8 Å². The van der Waals surface area contributed by atoms with Gasteiger partial charge in [-0.25, -0.2) is 4.79 Å². The number of carbonyl (C=O) groups is 5. The minimum Gasteiger partial charge on any atom is -0.480 e. The van der Waals surface area contributed by atoms with Crippen LogP contribution in [-0.2, 0) is 24.0 Å². The zero-order chi connectivity index (χ0) is 26.9. The average Bonchev–Trinajstić information content (AvgIpc) is 3.31. The Hall–Kier alpha value is -2.81. The maximum Gasteiger partial charge on any atom is 0.328 e. The summed E-state index contributed by atoms with van der Waals surface area (Å²) < 4.78 is 0. The van der Waals surface area contributed by atoms with Crippen molar-refractivity contribution in [2.75, 3.05) is 19.8 Å². The minimum atomic E-state index is -1.58. The number of nitrogens with two attached hydrogens (primary N) is 1. The third kappa shape index (κ3) is 8.13. The molecule has 0 aliphatic carbocycles. The number of amides is 4. The number of rotatable bonds is 13. The van der Waals surface area contributed by atoms with E-state index < -0.39 is 79.1 Å². The van der Waals surface area contributed by atoms with Crippen LogP contribution >= 0.6 is 0 Å². The van der Waals surface area contributed by atoms with Crippen LogP contribution in [0, 0.1) is 5.92 Å². The summed E-state index contributed by atoms with van der Waals surface area (Å²) in [7, 11) is 0. The van der Waals surface area contributed by atoms with E-state index in [0.29, 0.717) is 12.8 Å². The van der Waals surface area contributed by atoms with Gasteiger partial charge in [0.2, 0.25) is 23.6 Å². The maximum atomic E-state index is 13.0. The molecule has 1 aliphatic heterocycles. The Morgan fingerprint density at radius 3 is 2.06 bits per heavy atom. The lowest BCUT2D eigenvalue weighted by Gasteiger charge is -2.30. The van der Waals surface area contributed by atoms with Crippen LogP contribution in [0.15, 0.2) is 0 Å². The van der Waals surface area contributed by atoms with Crippen LogP contribution in [0.2, 0.25) is 0 Å². The van der Waals surface area contributed by atoms with Crippen molar-refractivity contribution in [2.24, 2.45) is 11.7 Å². The van der Waals surface area contributed by atoms with Crippen molar-refractivity contribution in [3.63, 3.8) is 0 Å². The minimum absolute atomic E-state index is 0.111. The van der Waals surface area contributed by atoms with Crippen LogP contribution in [-0.4, -0.2) is 111 Å². The van der Waals surface area contributed by atoms with Crippen LogP contribution in [0.5, 0.6) is 0 Å². The Kier molecular flexibility index (Phi) is 12.0. The monoisotopic (exact) mass is 503 g/mol. The number of hydrogen-bond acceptors (Lipinski definition) is 9. The first-order chi connectivity index (χ1) is 16.4. The van der Waals surface area contributed by atoms with Crippen molar-refractivity contribution in [1.82, 2.24) is 20.9 Å². The summed E-state index contributed by atoms with van der Waals surface area (Å²) in [5.74, 6) is -4.84. The molecular weight excluding hydrogens is 466 g/mol. The SMILES string of the molecule is CC[C@H](C)[C@H](N)C(=O)N[C@@H](CO)C(=O)N[C@@H](CO)C(=O)N1CCC[C@H]1C(=O)N[C@H](C(=O)O)[C@@H](C)O. The van der Waals surface area contributed by atoms with Crippen LogP contribution < -0.4 is 21.7 Å². The smallest absolute Gasteiger partial charge is 0.328 e. The van der Waals surface area contributed by atoms with E-state index in [-0.39, 0.29) is 18.9 Å². The van der Waals surface area contributed by atoms with Gasteiger partial charge in [-0.05, 0) is 25.7 Å². The van der Waals surface area contributed by atoms with Gasteiger partial charge in [0, 0.05) is 6.54 Å². The summed E-state index contributed by atoms with van der Waals surface area (Å²) in [6.45, 7) is 3.27. The molecule has 4 amide bonds. The highest BCUT2D eigenvalue weighted by Gasteiger charge is 2.40. The maximum absolute atomic E-state index is 13.0. The van der Waals surface area contributed by atoms with Gasteiger partial charge in [0.25, 0.3) is 0 Å². The molecule has 200 valence electrons. The average molecular weight is 504 g/mol.